The lowest BCUT2D eigenvalue weighted by Gasteiger charge is -2.22. The van der Waals surface area contributed by atoms with Gasteiger partial charge in [-0.1, -0.05) is 0 Å². The van der Waals surface area contributed by atoms with Crippen molar-refractivity contribution < 1.29 is 0 Å². The summed E-state index contributed by atoms with van der Waals surface area (Å²) in [5.74, 6) is 0. The summed E-state index contributed by atoms with van der Waals surface area (Å²) >= 11 is 0. The highest BCUT2D eigenvalue weighted by molar-refractivity contribution is 5.08. The van der Waals surface area contributed by atoms with Gasteiger partial charge in [0.05, 0.1) is 6.20 Å². The summed E-state index contributed by atoms with van der Waals surface area (Å²) in [7, 11) is 3.92. The third-order valence-electron chi connectivity index (χ3n) is 2.08. The molecule has 12 heavy (non-hydrogen) atoms. The van der Waals surface area contributed by atoms with E-state index in [2.05, 4.69) is 30.5 Å². The van der Waals surface area contributed by atoms with Crippen LogP contribution in [0, 0.1) is 0 Å². The van der Waals surface area contributed by atoms with Crippen LogP contribution in [0.4, 0.5) is 0 Å². The van der Waals surface area contributed by atoms with E-state index in [1.165, 1.54) is 5.56 Å². The molecule has 0 aromatic carbocycles. The average Bonchev–Trinajstić information content (AvgIpc) is 2.35. The smallest absolute Gasteiger partial charge is 0.0522 e. The molecule has 1 heterocycles. The number of nitrogens with zero attached hydrogens (tertiary/aromatic N) is 2. The van der Waals surface area contributed by atoms with E-state index in [1.54, 1.807) is 0 Å². The van der Waals surface area contributed by atoms with E-state index in [9.17, 15) is 0 Å². The second kappa shape index (κ2) is 3.27. The molecule has 0 bridgehead atoms. The summed E-state index contributed by atoms with van der Waals surface area (Å²) in [6.07, 6.45) is 4.98. The van der Waals surface area contributed by atoms with Crippen LogP contribution in [0.25, 0.3) is 0 Å². The summed E-state index contributed by atoms with van der Waals surface area (Å²) in [6, 6.07) is 0. The predicted octanol–water partition coefficient (Wildman–Crippen LogP) is 0.961. The molecule has 0 spiro atoms. The van der Waals surface area contributed by atoms with E-state index in [4.69, 9.17) is 0 Å². The van der Waals surface area contributed by atoms with E-state index in [0.29, 0.717) is 0 Å². The van der Waals surface area contributed by atoms with Crippen molar-refractivity contribution in [3.8, 4) is 0 Å². The Balaban J connectivity index is 2.63. The van der Waals surface area contributed by atoms with Gasteiger partial charge in [-0.2, -0.15) is 5.10 Å². The molecule has 1 rings (SSSR count). The van der Waals surface area contributed by atoms with Crippen LogP contribution in [-0.4, -0.2) is 22.4 Å². The van der Waals surface area contributed by atoms with Gasteiger partial charge in [-0.3, -0.25) is 4.68 Å². The van der Waals surface area contributed by atoms with Crippen LogP contribution in [0.3, 0.4) is 0 Å². The van der Waals surface area contributed by atoms with Gasteiger partial charge in [0, 0.05) is 18.8 Å². The van der Waals surface area contributed by atoms with Gasteiger partial charge >= 0.3 is 0 Å². The summed E-state index contributed by atoms with van der Waals surface area (Å²) in [5, 5.41) is 7.39. The van der Waals surface area contributed by atoms with Crippen LogP contribution in [-0.2, 0) is 13.5 Å². The number of aromatic nitrogens is 2. The van der Waals surface area contributed by atoms with Gasteiger partial charge in [0.2, 0.25) is 0 Å². The van der Waals surface area contributed by atoms with Crippen molar-refractivity contribution in [1.82, 2.24) is 15.1 Å². The largest absolute Gasteiger partial charge is 0.314 e. The van der Waals surface area contributed by atoms with E-state index in [0.717, 1.165) is 6.42 Å². The molecule has 0 radical (unpaired) electrons. The summed E-state index contributed by atoms with van der Waals surface area (Å²) < 4.78 is 1.83. The SMILES string of the molecule is CNC(C)(C)Cc1cnn(C)c1. The Kier molecular flexibility index (Phi) is 2.52. The quantitative estimate of drug-likeness (QED) is 0.726. The number of hydrogen-bond donors (Lipinski definition) is 1. The lowest BCUT2D eigenvalue weighted by Crippen LogP contribution is -2.38. The van der Waals surface area contributed by atoms with Crippen molar-refractivity contribution in [2.75, 3.05) is 7.05 Å². The molecule has 1 aromatic heterocycles. The van der Waals surface area contributed by atoms with Gasteiger partial charge in [-0.05, 0) is 32.9 Å². The highest BCUT2D eigenvalue weighted by Gasteiger charge is 2.15. The van der Waals surface area contributed by atoms with Gasteiger partial charge in [-0.25, -0.2) is 0 Å². The zero-order valence-corrected chi connectivity index (χ0v) is 8.26. The normalized spacial score (nSPS) is 12.0. The van der Waals surface area contributed by atoms with Gasteiger partial charge < -0.3 is 5.32 Å². The second-order valence-electron chi connectivity index (χ2n) is 3.83. The summed E-state index contributed by atoms with van der Waals surface area (Å²) in [6.45, 7) is 4.36. The van der Waals surface area contributed by atoms with Crippen LogP contribution < -0.4 is 5.32 Å². The van der Waals surface area contributed by atoms with E-state index >= 15 is 0 Å². The minimum atomic E-state index is 0.156. The summed E-state index contributed by atoms with van der Waals surface area (Å²) in [5.41, 5.74) is 1.43. The minimum Gasteiger partial charge on any atom is -0.314 e. The predicted molar refractivity (Wildman–Crippen MR) is 50.1 cm³/mol. The first-order chi connectivity index (χ1) is 5.53. The fourth-order valence-electron chi connectivity index (χ4n) is 1.16. The maximum atomic E-state index is 4.12. The van der Waals surface area contributed by atoms with E-state index in [1.807, 2.05) is 25.0 Å². The third kappa shape index (κ3) is 2.34. The molecule has 0 fully saturated rings. The molecule has 0 saturated carbocycles. The first kappa shape index (κ1) is 9.26. The molecule has 0 amide bonds. The highest BCUT2D eigenvalue weighted by Crippen LogP contribution is 2.10. The van der Waals surface area contributed by atoms with Crippen molar-refractivity contribution in [3.63, 3.8) is 0 Å². The topological polar surface area (TPSA) is 29.9 Å². The molecule has 1 N–H and O–H groups in total. The Morgan fingerprint density at radius 2 is 2.25 bits per heavy atom. The van der Waals surface area contributed by atoms with Crippen molar-refractivity contribution in [2.24, 2.45) is 7.05 Å². The fraction of sp³-hybridized carbons (Fsp3) is 0.667. The molecule has 3 nitrogen and oxygen atoms in total. The Morgan fingerprint density at radius 3 is 2.67 bits per heavy atom. The molecule has 0 aliphatic heterocycles. The van der Waals surface area contributed by atoms with Crippen LogP contribution in [0.1, 0.15) is 19.4 Å². The number of nitrogens with one attached hydrogen (secondary N) is 1. The Morgan fingerprint density at radius 1 is 1.58 bits per heavy atom. The molecule has 1 aromatic rings. The van der Waals surface area contributed by atoms with Crippen LogP contribution in [0.5, 0.6) is 0 Å². The van der Waals surface area contributed by atoms with Gasteiger partial charge in [0.1, 0.15) is 0 Å². The first-order valence-corrected chi connectivity index (χ1v) is 4.20. The molecule has 0 aliphatic carbocycles. The zero-order valence-electron chi connectivity index (χ0n) is 8.26. The number of rotatable bonds is 3. The number of likely N-dealkylation sites (N-methyl/N-ethyl adjacent to an activating group) is 1. The lowest BCUT2D eigenvalue weighted by atomic mass is 9.97. The number of hydrogen-bond acceptors (Lipinski definition) is 2. The molecule has 3 heteroatoms. The van der Waals surface area contributed by atoms with Gasteiger partial charge in [0.25, 0.3) is 0 Å². The van der Waals surface area contributed by atoms with Crippen molar-refractivity contribution in [1.29, 1.82) is 0 Å². The third-order valence-corrected chi connectivity index (χ3v) is 2.08. The Hall–Kier alpha value is -0.830. The van der Waals surface area contributed by atoms with E-state index < -0.39 is 0 Å². The molecule has 0 atom stereocenters. The van der Waals surface area contributed by atoms with Crippen molar-refractivity contribution in [3.05, 3.63) is 18.0 Å². The van der Waals surface area contributed by atoms with Gasteiger partial charge in [0.15, 0.2) is 0 Å². The molecule has 0 aliphatic rings. The summed E-state index contributed by atoms with van der Waals surface area (Å²) in [4.78, 5) is 0. The molecular weight excluding hydrogens is 150 g/mol. The molecule has 0 unspecified atom stereocenters. The first-order valence-electron chi connectivity index (χ1n) is 4.20. The maximum absolute atomic E-state index is 4.12. The Bertz CT molecular complexity index is 250. The average molecular weight is 167 g/mol. The van der Waals surface area contributed by atoms with E-state index in [-0.39, 0.29) is 5.54 Å². The second-order valence-corrected chi connectivity index (χ2v) is 3.83. The van der Waals surface area contributed by atoms with Crippen LogP contribution >= 0.6 is 0 Å². The highest BCUT2D eigenvalue weighted by atomic mass is 15.2. The number of aryl methyl sites for hydroxylation is 1. The minimum absolute atomic E-state index is 0.156. The van der Waals surface area contributed by atoms with Crippen molar-refractivity contribution in [2.45, 2.75) is 25.8 Å². The maximum Gasteiger partial charge on any atom is 0.0522 e. The Labute approximate surface area is 73.8 Å². The molecule has 68 valence electrons. The lowest BCUT2D eigenvalue weighted by molar-refractivity contribution is 0.422. The standard InChI is InChI=1S/C9H17N3/c1-9(2,10-3)5-8-6-11-12(4)7-8/h6-7,10H,5H2,1-4H3. The fourth-order valence-corrected chi connectivity index (χ4v) is 1.16. The monoisotopic (exact) mass is 167 g/mol. The molecular formula is C9H17N3. The van der Waals surface area contributed by atoms with Crippen LogP contribution in [0.15, 0.2) is 12.4 Å². The van der Waals surface area contributed by atoms with Crippen molar-refractivity contribution >= 4 is 0 Å². The zero-order chi connectivity index (χ0) is 9.19. The van der Waals surface area contributed by atoms with Crippen LogP contribution in [0.2, 0.25) is 0 Å². The molecule has 0 saturated heterocycles. The van der Waals surface area contributed by atoms with Gasteiger partial charge in [-0.15, -0.1) is 0 Å².